The van der Waals surface area contributed by atoms with E-state index < -0.39 is 0 Å². The largest absolute Gasteiger partial charge is 0.476 e. The van der Waals surface area contributed by atoms with E-state index in [1.54, 1.807) is 18.3 Å². The summed E-state index contributed by atoms with van der Waals surface area (Å²) in [7, 11) is 0. The molecule has 2 aromatic heterocycles. The molecule has 1 saturated heterocycles. The summed E-state index contributed by atoms with van der Waals surface area (Å²) in [4.78, 5) is 23.2. The quantitative estimate of drug-likeness (QED) is 0.754. The zero-order valence-electron chi connectivity index (χ0n) is 15.2. The van der Waals surface area contributed by atoms with Crippen LogP contribution in [0.15, 0.2) is 47.0 Å². The summed E-state index contributed by atoms with van der Waals surface area (Å²) in [5.41, 5.74) is 2.28. The molecule has 7 heteroatoms. The monoisotopic (exact) mass is 366 g/mol. The number of aromatic nitrogens is 2. The third kappa shape index (κ3) is 3.72. The zero-order valence-corrected chi connectivity index (χ0v) is 15.2. The molecule has 2 amide bonds. The van der Waals surface area contributed by atoms with Gasteiger partial charge in [-0.3, -0.25) is 0 Å². The molecule has 27 heavy (non-hydrogen) atoms. The maximum Gasteiger partial charge on any atom is 0.321 e. The van der Waals surface area contributed by atoms with Crippen LogP contribution in [0.2, 0.25) is 0 Å². The van der Waals surface area contributed by atoms with Crippen LogP contribution in [0.3, 0.4) is 0 Å². The van der Waals surface area contributed by atoms with Crippen molar-refractivity contribution in [1.29, 1.82) is 0 Å². The Morgan fingerprint density at radius 3 is 2.85 bits per heavy atom. The molecule has 4 rings (SSSR count). The standard InChI is InChI=1S/C20H22N4O3/c1-2-26-19-16(7-5-11-21-19)23-20(25)24-12-9-14(10-13-24)18-22-15-6-3-4-8-17(15)27-18/h3-8,11,14H,2,9-10,12-13H2,1H3,(H,23,25). The first-order chi connectivity index (χ1) is 13.2. The SMILES string of the molecule is CCOc1ncccc1NC(=O)N1CCC(c2nc3ccccc3o2)CC1. The zero-order chi connectivity index (χ0) is 18.6. The third-order valence-electron chi connectivity index (χ3n) is 4.74. The number of likely N-dealkylation sites (tertiary alicyclic amines) is 1. The number of piperidine rings is 1. The molecule has 0 spiro atoms. The number of carbonyl (C=O) groups excluding carboxylic acids is 1. The van der Waals surface area contributed by atoms with Crippen molar-refractivity contribution in [2.75, 3.05) is 25.0 Å². The Kier molecular flexibility index (Phi) is 4.91. The van der Waals surface area contributed by atoms with E-state index >= 15 is 0 Å². The Morgan fingerprint density at radius 1 is 1.26 bits per heavy atom. The van der Waals surface area contributed by atoms with Gasteiger partial charge in [-0.1, -0.05) is 12.1 Å². The lowest BCUT2D eigenvalue weighted by molar-refractivity contribution is 0.190. The first kappa shape index (κ1) is 17.3. The van der Waals surface area contributed by atoms with Crippen LogP contribution in [-0.4, -0.2) is 40.6 Å². The molecule has 1 aromatic carbocycles. The van der Waals surface area contributed by atoms with E-state index in [-0.39, 0.29) is 11.9 Å². The number of carbonyl (C=O) groups is 1. The van der Waals surface area contributed by atoms with Gasteiger partial charge in [0, 0.05) is 25.2 Å². The summed E-state index contributed by atoms with van der Waals surface area (Å²) < 4.78 is 11.4. The highest BCUT2D eigenvalue weighted by molar-refractivity contribution is 5.90. The number of hydrogen-bond acceptors (Lipinski definition) is 5. The highest BCUT2D eigenvalue weighted by atomic mass is 16.5. The molecule has 0 saturated carbocycles. The summed E-state index contributed by atoms with van der Waals surface area (Å²) in [6.45, 7) is 3.69. The molecule has 1 aliphatic heterocycles. The second-order valence-electron chi connectivity index (χ2n) is 6.50. The van der Waals surface area contributed by atoms with Crippen LogP contribution in [-0.2, 0) is 0 Å². The van der Waals surface area contributed by atoms with Crippen LogP contribution >= 0.6 is 0 Å². The van der Waals surface area contributed by atoms with Gasteiger partial charge in [0.1, 0.15) is 11.2 Å². The number of ether oxygens (including phenoxy) is 1. The van der Waals surface area contributed by atoms with Gasteiger partial charge < -0.3 is 19.4 Å². The van der Waals surface area contributed by atoms with Crippen molar-refractivity contribution in [2.45, 2.75) is 25.7 Å². The fourth-order valence-electron chi connectivity index (χ4n) is 3.33. The lowest BCUT2D eigenvalue weighted by Crippen LogP contribution is -2.40. The molecule has 1 fully saturated rings. The van der Waals surface area contributed by atoms with E-state index in [2.05, 4.69) is 15.3 Å². The number of hydrogen-bond donors (Lipinski definition) is 1. The smallest absolute Gasteiger partial charge is 0.321 e. The van der Waals surface area contributed by atoms with Crippen molar-refractivity contribution >= 4 is 22.8 Å². The van der Waals surface area contributed by atoms with Crippen molar-refractivity contribution in [3.8, 4) is 5.88 Å². The van der Waals surface area contributed by atoms with Crippen LogP contribution in [0.1, 0.15) is 31.6 Å². The second-order valence-corrected chi connectivity index (χ2v) is 6.50. The molecule has 1 N–H and O–H groups in total. The van der Waals surface area contributed by atoms with E-state index in [1.165, 1.54) is 0 Å². The fraction of sp³-hybridized carbons (Fsp3) is 0.350. The maximum atomic E-state index is 12.6. The molecule has 140 valence electrons. The summed E-state index contributed by atoms with van der Waals surface area (Å²) in [6, 6.07) is 11.2. The number of nitrogens with one attached hydrogen (secondary N) is 1. The van der Waals surface area contributed by atoms with E-state index in [0.717, 1.165) is 29.8 Å². The number of pyridine rings is 1. The van der Waals surface area contributed by atoms with Crippen LogP contribution < -0.4 is 10.1 Å². The number of nitrogens with zero attached hydrogens (tertiary/aromatic N) is 3. The molecular weight excluding hydrogens is 344 g/mol. The molecular formula is C20H22N4O3. The summed E-state index contributed by atoms with van der Waals surface area (Å²) in [5, 5.41) is 2.90. The van der Waals surface area contributed by atoms with Crippen molar-refractivity contribution in [2.24, 2.45) is 0 Å². The first-order valence-corrected chi connectivity index (χ1v) is 9.24. The predicted molar refractivity (Wildman–Crippen MR) is 102 cm³/mol. The molecule has 0 bridgehead atoms. The van der Waals surface area contributed by atoms with Gasteiger partial charge in [0.15, 0.2) is 11.5 Å². The number of anilines is 1. The number of amides is 2. The van der Waals surface area contributed by atoms with Gasteiger partial charge in [0.05, 0.1) is 6.61 Å². The molecule has 0 atom stereocenters. The summed E-state index contributed by atoms with van der Waals surface area (Å²) in [6.07, 6.45) is 3.30. The lowest BCUT2D eigenvalue weighted by atomic mass is 9.97. The summed E-state index contributed by atoms with van der Waals surface area (Å²) >= 11 is 0. The minimum Gasteiger partial charge on any atom is -0.476 e. The number of benzene rings is 1. The normalized spacial score (nSPS) is 15.1. The van der Waals surface area contributed by atoms with Gasteiger partial charge in [-0.2, -0.15) is 0 Å². The highest BCUT2D eigenvalue weighted by Gasteiger charge is 2.27. The molecule has 3 heterocycles. The lowest BCUT2D eigenvalue weighted by Gasteiger charge is -2.30. The minimum absolute atomic E-state index is 0.139. The molecule has 0 unspecified atom stereocenters. The fourth-order valence-corrected chi connectivity index (χ4v) is 3.33. The van der Waals surface area contributed by atoms with Crippen molar-refractivity contribution in [3.05, 3.63) is 48.5 Å². The molecule has 0 aliphatic carbocycles. The van der Waals surface area contributed by atoms with E-state index in [9.17, 15) is 4.79 Å². The van der Waals surface area contributed by atoms with Gasteiger partial charge in [-0.05, 0) is 44.0 Å². The number of oxazole rings is 1. The van der Waals surface area contributed by atoms with Crippen LogP contribution in [0.4, 0.5) is 10.5 Å². The Labute approximate surface area is 157 Å². The third-order valence-corrected chi connectivity index (χ3v) is 4.74. The van der Waals surface area contributed by atoms with Gasteiger partial charge >= 0.3 is 6.03 Å². The van der Waals surface area contributed by atoms with Crippen LogP contribution in [0.25, 0.3) is 11.1 Å². The Morgan fingerprint density at radius 2 is 2.07 bits per heavy atom. The Bertz CT molecular complexity index is 899. The molecule has 0 radical (unpaired) electrons. The Balaban J connectivity index is 1.38. The molecule has 7 nitrogen and oxygen atoms in total. The molecule has 3 aromatic rings. The number of fused-ring (bicyclic) bond motifs is 1. The van der Waals surface area contributed by atoms with Crippen LogP contribution in [0, 0.1) is 0 Å². The van der Waals surface area contributed by atoms with Crippen molar-refractivity contribution < 1.29 is 13.9 Å². The molecule has 1 aliphatic rings. The Hall–Kier alpha value is -3.09. The van der Waals surface area contributed by atoms with Gasteiger partial charge in [-0.15, -0.1) is 0 Å². The van der Waals surface area contributed by atoms with Gasteiger partial charge in [0.25, 0.3) is 0 Å². The maximum absolute atomic E-state index is 12.6. The van der Waals surface area contributed by atoms with Gasteiger partial charge in [0.2, 0.25) is 5.88 Å². The minimum atomic E-state index is -0.139. The average molecular weight is 366 g/mol. The van der Waals surface area contributed by atoms with Crippen molar-refractivity contribution in [3.63, 3.8) is 0 Å². The number of para-hydroxylation sites is 2. The van der Waals surface area contributed by atoms with Crippen LogP contribution in [0.5, 0.6) is 5.88 Å². The van der Waals surface area contributed by atoms with E-state index in [1.807, 2.05) is 36.1 Å². The topological polar surface area (TPSA) is 80.5 Å². The number of urea groups is 1. The first-order valence-electron chi connectivity index (χ1n) is 9.24. The predicted octanol–water partition coefficient (Wildman–Crippen LogP) is 4.03. The summed E-state index contributed by atoms with van der Waals surface area (Å²) in [5.74, 6) is 1.44. The van der Waals surface area contributed by atoms with E-state index in [4.69, 9.17) is 9.15 Å². The van der Waals surface area contributed by atoms with Gasteiger partial charge in [-0.25, -0.2) is 14.8 Å². The average Bonchev–Trinajstić information content (AvgIpc) is 3.14. The highest BCUT2D eigenvalue weighted by Crippen LogP contribution is 2.30. The second kappa shape index (κ2) is 7.65. The van der Waals surface area contributed by atoms with Crippen molar-refractivity contribution in [1.82, 2.24) is 14.9 Å². The number of rotatable bonds is 4. The van der Waals surface area contributed by atoms with E-state index in [0.29, 0.717) is 31.3 Å².